The minimum Gasteiger partial charge on any atom is -0.507 e. The first-order valence-corrected chi connectivity index (χ1v) is 5.36. The van der Waals surface area contributed by atoms with Gasteiger partial charge in [-0.3, -0.25) is 0 Å². The molecule has 1 unspecified atom stereocenters. The molecule has 1 aliphatic heterocycles. The molecular formula is C13H18O2. The van der Waals surface area contributed by atoms with Crippen LogP contribution in [0.2, 0.25) is 0 Å². The van der Waals surface area contributed by atoms with E-state index in [1.54, 1.807) is 0 Å². The lowest BCUT2D eigenvalue weighted by Gasteiger charge is -2.24. The third kappa shape index (κ3) is 2.14. The van der Waals surface area contributed by atoms with Crippen molar-refractivity contribution < 1.29 is 9.84 Å². The summed E-state index contributed by atoms with van der Waals surface area (Å²) >= 11 is 0. The van der Waals surface area contributed by atoms with Gasteiger partial charge in [-0.05, 0) is 26.0 Å². The molecule has 15 heavy (non-hydrogen) atoms. The highest BCUT2D eigenvalue weighted by Crippen LogP contribution is 2.33. The van der Waals surface area contributed by atoms with Crippen molar-refractivity contribution in [2.45, 2.75) is 33.8 Å². The predicted octanol–water partition coefficient (Wildman–Crippen LogP) is 3.78. The average Bonchev–Trinajstić information content (AvgIpc) is 2.29. The summed E-state index contributed by atoms with van der Waals surface area (Å²) in [7, 11) is 0. The van der Waals surface area contributed by atoms with Gasteiger partial charge in [0.05, 0.1) is 5.56 Å². The van der Waals surface area contributed by atoms with Crippen molar-refractivity contribution in [3.05, 3.63) is 35.4 Å². The number of hydrogen-bond donors (Lipinski definition) is 1. The second-order valence-corrected chi connectivity index (χ2v) is 3.29. The Hall–Kier alpha value is -1.44. The lowest BCUT2D eigenvalue weighted by molar-refractivity contribution is 0.244. The number of fused-ring (bicyclic) bond motifs is 1. The zero-order chi connectivity index (χ0) is 11.4. The molecule has 0 saturated heterocycles. The van der Waals surface area contributed by atoms with E-state index in [-0.39, 0.29) is 6.10 Å². The quantitative estimate of drug-likeness (QED) is 0.700. The first kappa shape index (κ1) is 11.6. The number of aliphatic hydroxyl groups excluding tert-OH is 1. The predicted molar refractivity (Wildman–Crippen MR) is 63.1 cm³/mol. The van der Waals surface area contributed by atoms with Crippen molar-refractivity contribution in [2.75, 3.05) is 0 Å². The smallest absolute Gasteiger partial charge is 0.131 e. The maximum atomic E-state index is 9.80. The van der Waals surface area contributed by atoms with Crippen LogP contribution in [0.4, 0.5) is 0 Å². The third-order valence-corrected chi connectivity index (χ3v) is 2.43. The molecule has 1 atom stereocenters. The number of hydrogen-bond acceptors (Lipinski definition) is 2. The summed E-state index contributed by atoms with van der Waals surface area (Å²) in [6, 6.07) is 7.52. The fraction of sp³-hybridized carbons (Fsp3) is 0.385. The molecule has 2 nitrogen and oxygen atoms in total. The molecule has 0 radical (unpaired) electrons. The van der Waals surface area contributed by atoms with Crippen LogP contribution in [0.1, 0.15) is 33.3 Å². The lowest BCUT2D eigenvalue weighted by Crippen LogP contribution is -2.19. The van der Waals surface area contributed by atoms with E-state index in [4.69, 9.17) is 4.74 Å². The standard InChI is InChI=1S/C11H12O2.C2H6/c1-7-8(2)13-10-6-4-3-5-9(10)11(7)12;1-2/h3-6,8,12H,1-2H3;1-2H3. The van der Waals surface area contributed by atoms with E-state index >= 15 is 0 Å². The molecule has 0 aliphatic carbocycles. The molecule has 0 bridgehead atoms. The van der Waals surface area contributed by atoms with Crippen LogP contribution < -0.4 is 4.74 Å². The Morgan fingerprint density at radius 2 is 1.80 bits per heavy atom. The molecule has 1 heterocycles. The van der Waals surface area contributed by atoms with E-state index in [0.717, 1.165) is 16.9 Å². The topological polar surface area (TPSA) is 29.5 Å². The summed E-state index contributed by atoms with van der Waals surface area (Å²) in [4.78, 5) is 0. The minimum absolute atomic E-state index is 0.0325. The number of aliphatic hydroxyl groups is 1. The Kier molecular flexibility index (Phi) is 3.78. The van der Waals surface area contributed by atoms with Gasteiger partial charge < -0.3 is 9.84 Å². The van der Waals surface area contributed by atoms with Crippen LogP contribution in [-0.2, 0) is 0 Å². The van der Waals surface area contributed by atoms with Crippen LogP contribution >= 0.6 is 0 Å². The Balaban J connectivity index is 0.000000531. The molecule has 1 aliphatic rings. The van der Waals surface area contributed by atoms with Gasteiger partial charge in [-0.25, -0.2) is 0 Å². The second kappa shape index (κ2) is 4.87. The molecule has 82 valence electrons. The highest BCUT2D eigenvalue weighted by Gasteiger charge is 2.21. The molecule has 0 spiro atoms. The van der Waals surface area contributed by atoms with Crippen molar-refractivity contribution in [2.24, 2.45) is 0 Å². The molecule has 1 aromatic rings. The molecule has 0 aromatic heterocycles. The summed E-state index contributed by atoms with van der Waals surface area (Å²) < 4.78 is 5.60. The van der Waals surface area contributed by atoms with Crippen molar-refractivity contribution in [1.29, 1.82) is 0 Å². The van der Waals surface area contributed by atoms with Gasteiger partial charge in [-0.1, -0.05) is 26.0 Å². The van der Waals surface area contributed by atoms with Crippen LogP contribution in [-0.4, -0.2) is 11.2 Å². The molecule has 1 N–H and O–H groups in total. The highest BCUT2D eigenvalue weighted by molar-refractivity contribution is 5.69. The van der Waals surface area contributed by atoms with E-state index in [0.29, 0.717) is 5.76 Å². The van der Waals surface area contributed by atoms with Gasteiger partial charge >= 0.3 is 0 Å². The monoisotopic (exact) mass is 206 g/mol. The number of ether oxygens (including phenoxy) is 1. The molecule has 0 fully saturated rings. The zero-order valence-electron chi connectivity index (χ0n) is 9.74. The maximum Gasteiger partial charge on any atom is 0.131 e. The van der Waals surface area contributed by atoms with E-state index in [9.17, 15) is 5.11 Å². The molecule has 2 heteroatoms. The van der Waals surface area contributed by atoms with E-state index in [2.05, 4.69) is 0 Å². The van der Waals surface area contributed by atoms with Crippen LogP contribution in [0.5, 0.6) is 5.75 Å². The van der Waals surface area contributed by atoms with E-state index in [1.807, 2.05) is 52.0 Å². The normalized spacial score (nSPS) is 18.5. The van der Waals surface area contributed by atoms with Gasteiger partial charge in [-0.2, -0.15) is 0 Å². The summed E-state index contributed by atoms with van der Waals surface area (Å²) in [5.41, 5.74) is 1.68. The first-order valence-electron chi connectivity index (χ1n) is 5.36. The SMILES string of the molecule is CC.CC1=C(O)c2ccccc2OC1C. The lowest BCUT2D eigenvalue weighted by atomic mass is 10.0. The highest BCUT2D eigenvalue weighted by atomic mass is 16.5. The van der Waals surface area contributed by atoms with Gasteiger partial charge in [0, 0.05) is 5.57 Å². The Morgan fingerprint density at radius 3 is 2.47 bits per heavy atom. The van der Waals surface area contributed by atoms with Crippen molar-refractivity contribution >= 4 is 5.76 Å². The van der Waals surface area contributed by atoms with Gasteiger partial charge in [0.1, 0.15) is 17.6 Å². The first-order chi connectivity index (χ1) is 7.20. The molecule has 0 saturated carbocycles. The Morgan fingerprint density at radius 1 is 1.20 bits per heavy atom. The molecule has 2 rings (SSSR count). The minimum atomic E-state index is -0.0325. The maximum absolute atomic E-state index is 9.80. The van der Waals surface area contributed by atoms with Gasteiger partial charge in [0.2, 0.25) is 0 Å². The molecule has 1 aromatic carbocycles. The van der Waals surface area contributed by atoms with Crippen molar-refractivity contribution in [3.63, 3.8) is 0 Å². The number of para-hydroxylation sites is 1. The Labute approximate surface area is 91.2 Å². The molecule has 0 amide bonds. The zero-order valence-corrected chi connectivity index (χ0v) is 9.74. The van der Waals surface area contributed by atoms with Crippen LogP contribution in [0.15, 0.2) is 29.8 Å². The average molecular weight is 206 g/mol. The van der Waals surface area contributed by atoms with Gasteiger partial charge in [0.15, 0.2) is 0 Å². The fourth-order valence-electron chi connectivity index (χ4n) is 1.45. The summed E-state index contributed by atoms with van der Waals surface area (Å²) in [5, 5.41) is 9.80. The van der Waals surface area contributed by atoms with Crippen LogP contribution in [0.25, 0.3) is 5.76 Å². The molecular weight excluding hydrogens is 188 g/mol. The van der Waals surface area contributed by atoms with Crippen molar-refractivity contribution in [3.8, 4) is 5.75 Å². The van der Waals surface area contributed by atoms with Gasteiger partial charge in [0.25, 0.3) is 0 Å². The van der Waals surface area contributed by atoms with Crippen LogP contribution in [0.3, 0.4) is 0 Å². The fourth-order valence-corrected chi connectivity index (χ4v) is 1.45. The number of benzene rings is 1. The van der Waals surface area contributed by atoms with Gasteiger partial charge in [-0.15, -0.1) is 0 Å². The summed E-state index contributed by atoms with van der Waals surface area (Å²) in [5.74, 6) is 1.12. The number of rotatable bonds is 0. The van der Waals surface area contributed by atoms with Crippen LogP contribution in [0, 0.1) is 0 Å². The third-order valence-electron chi connectivity index (χ3n) is 2.43. The summed E-state index contributed by atoms with van der Waals surface area (Å²) in [6.45, 7) is 7.82. The van der Waals surface area contributed by atoms with E-state index in [1.165, 1.54) is 0 Å². The Bertz CT molecular complexity index is 367. The summed E-state index contributed by atoms with van der Waals surface area (Å²) in [6.07, 6.45) is -0.0325. The van der Waals surface area contributed by atoms with Crippen molar-refractivity contribution in [1.82, 2.24) is 0 Å². The van der Waals surface area contributed by atoms with E-state index < -0.39 is 0 Å². The largest absolute Gasteiger partial charge is 0.507 e. The second-order valence-electron chi connectivity index (χ2n) is 3.29.